The number of carbonyl (C=O) groups is 2. The van der Waals surface area contributed by atoms with Crippen molar-refractivity contribution < 1.29 is 19.8 Å². The molecule has 2 atom stereocenters. The number of likely N-dealkylation sites (N-methyl/N-ethyl adjacent to an activating group) is 1. The van der Waals surface area contributed by atoms with Gasteiger partial charge in [0.25, 0.3) is 0 Å². The summed E-state index contributed by atoms with van der Waals surface area (Å²) >= 11 is 0. The van der Waals surface area contributed by atoms with Crippen LogP contribution in [0.5, 0.6) is 0 Å². The summed E-state index contributed by atoms with van der Waals surface area (Å²) in [5.74, 6) is -1.33. The molecule has 0 heterocycles. The molecule has 0 saturated heterocycles. The first kappa shape index (κ1) is 13.9. The van der Waals surface area contributed by atoms with Crippen LogP contribution in [0.25, 0.3) is 0 Å². The third-order valence-electron chi connectivity index (χ3n) is 2.26. The number of aliphatic hydroxyl groups is 1. The Hall–Kier alpha value is -1.14. The van der Waals surface area contributed by atoms with Crippen molar-refractivity contribution in [2.75, 3.05) is 13.7 Å². The third-order valence-corrected chi connectivity index (χ3v) is 2.26. The third kappa shape index (κ3) is 4.75. The smallest absolute Gasteiger partial charge is 0.303 e. The van der Waals surface area contributed by atoms with Gasteiger partial charge < -0.3 is 20.8 Å². The van der Waals surface area contributed by atoms with Crippen LogP contribution < -0.4 is 5.73 Å². The second kappa shape index (κ2) is 6.36. The largest absolute Gasteiger partial charge is 0.481 e. The van der Waals surface area contributed by atoms with Crippen LogP contribution in [-0.4, -0.2) is 52.7 Å². The molecule has 0 aliphatic carbocycles. The van der Waals surface area contributed by atoms with E-state index in [0.29, 0.717) is 0 Å². The van der Waals surface area contributed by atoms with Gasteiger partial charge in [0, 0.05) is 13.5 Å². The van der Waals surface area contributed by atoms with Gasteiger partial charge in [-0.15, -0.1) is 0 Å². The van der Waals surface area contributed by atoms with E-state index in [1.54, 1.807) is 6.92 Å². The quantitative estimate of drug-likeness (QED) is 0.531. The lowest BCUT2D eigenvalue weighted by atomic mass is 10.1. The zero-order chi connectivity index (χ0) is 12.0. The predicted molar refractivity (Wildman–Crippen MR) is 54.2 cm³/mol. The molecule has 0 spiro atoms. The summed E-state index contributed by atoms with van der Waals surface area (Å²) in [7, 11) is 1.53. The monoisotopic (exact) mass is 218 g/mol. The fourth-order valence-electron chi connectivity index (χ4n) is 1.00. The van der Waals surface area contributed by atoms with E-state index < -0.39 is 12.0 Å². The second-order valence-corrected chi connectivity index (χ2v) is 3.52. The van der Waals surface area contributed by atoms with Gasteiger partial charge in [-0.05, 0) is 13.3 Å². The van der Waals surface area contributed by atoms with Crippen molar-refractivity contribution in [2.45, 2.75) is 31.8 Å². The van der Waals surface area contributed by atoms with Gasteiger partial charge in [0.2, 0.25) is 5.91 Å². The number of hydrogen-bond donors (Lipinski definition) is 3. The van der Waals surface area contributed by atoms with Gasteiger partial charge in [-0.25, -0.2) is 0 Å². The highest BCUT2D eigenvalue weighted by Crippen LogP contribution is 2.02. The number of carboxylic acid groups (broad SMARTS) is 1. The summed E-state index contributed by atoms with van der Waals surface area (Å²) in [6.45, 7) is 1.54. The van der Waals surface area contributed by atoms with Crippen molar-refractivity contribution in [2.24, 2.45) is 5.73 Å². The van der Waals surface area contributed by atoms with Crippen molar-refractivity contribution in [3.63, 3.8) is 0 Å². The van der Waals surface area contributed by atoms with Crippen LogP contribution in [0, 0.1) is 0 Å². The number of aliphatic hydroxyl groups excluding tert-OH is 1. The van der Waals surface area contributed by atoms with Gasteiger partial charge in [-0.1, -0.05) is 0 Å². The van der Waals surface area contributed by atoms with Crippen LogP contribution in [0.1, 0.15) is 19.8 Å². The van der Waals surface area contributed by atoms with Crippen LogP contribution in [0.3, 0.4) is 0 Å². The first-order valence-corrected chi connectivity index (χ1v) is 4.75. The molecule has 88 valence electrons. The number of hydrogen-bond acceptors (Lipinski definition) is 4. The van der Waals surface area contributed by atoms with E-state index in [1.165, 1.54) is 11.9 Å². The van der Waals surface area contributed by atoms with Gasteiger partial charge in [-0.3, -0.25) is 9.59 Å². The second-order valence-electron chi connectivity index (χ2n) is 3.52. The van der Waals surface area contributed by atoms with Crippen LogP contribution >= 0.6 is 0 Å². The lowest BCUT2D eigenvalue weighted by molar-refractivity contribution is -0.138. The molecule has 0 aliphatic rings. The van der Waals surface area contributed by atoms with Gasteiger partial charge in [0.1, 0.15) is 0 Å². The molecule has 0 fully saturated rings. The number of carboxylic acids is 1. The molecule has 0 saturated carbocycles. The van der Waals surface area contributed by atoms with Crippen molar-refractivity contribution in [1.29, 1.82) is 0 Å². The predicted octanol–water partition coefficient (Wildman–Crippen LogP) is -0.982. The summed E-state index contributed by atoms with van der Waals surface area (Å²) in [5.41, 5.74) is 5.52. The topological polar surface area (TPSA) is 104 Å². The van der Waals surface area contributed by atoms with E-state index in [9.17, 15) is 9.59 Å². The molecule has 0 aromatic rings. The zero-order valence-corrected chi connectivity index (χ0v) is 9.01. The van der Waals surface area contributed by atoms with Gasteiger partial charge >= 0.3 is 5.97 Å². The number of aliphatic carboxylic acids is 1. The number of nitrogens with two attached hydrogens (primary N) is 1. The highest BCUT2D eigenvalue weighted by molar-refractivity contribution is 5.82. The Morgan fingerprint density at radius 1 is 1.47 bits per heavy atom. The molecule has 0 radical (unpaired) electrons. The lowest BCUT2D eigenvalue weighted by Crippen LogP contribution is -2.46. The Morgan fingerprint density at radius 3 is 2.40 bits per heavy atom. The first-order chi connectivity index (χ1) is 6.90. The number of amides is 1. The first-order valence-electron chi connectivity index (χ1n) is 4.75. The SMILES string of the molecule is CC(CO)N(C)C(=O)C(N)CCC(=O)O. The Morgan fingerprint density at radius 2 is 2.00 bits per heavy atom. The molecule has 0 bridgehead atoms. The molecule has 6 heteroatoms. The van der Waals surface area contributed by atoms with Crippen molar-refractivity contribution in [1.82, 2.24) is 4.90 Å². The standard InChI is InChI=1S/C9H18N2O4/c1-6(5-12)11(2)9(15)7(10)3-4-8(13)14/h6-7,12H,3-5,10H2,1-2H3,(H,13,14). The fraction of sp³-hybridized carbons (Fsp3) is 0.778. The van der Waals surface area contributed by atoms with Crippen molar-refractivity contribution in [3.05, 3.63) is 0 Å². The highest BCUT2D eigenvalue weighted by Gasteiger charge is 2.21. The fourth-order valence-corrected chi connectivity index (χ4v) is 1.00. The van der Waals surface area contributed by atoms with Crippen LogP contribution in [0.15, 0.2) is 0 Å². The van der Waals surface area contributed by atoms with Gasteiger partial charge in [-0.2, -0.15) is 0 Å². The van der Waals surface area contributed by atoms with Crippen LogP contribution in [-0.2, 0) is 9.59 Å². The highest BCUT2D eigenvalue weighted by atomic mass is 16.4. The van der Waals surface area contributed by atoms with E-state index in [2.05, 4.69) is 0 Å². The van der Waals surface area contributed by atoms with E-state index in [-0.39, 0.29) is 31.4 Å². The Bertz CT molecular complexity index is 232. The molecular weight excluding hydrogens is 200 g/mol. The van der Waals surface area contributed by atoms with E-state index in [4.69, 9.17) is 15.9 Å². The summed E-state index contributed by atoms with van der Waals surface area (Å²) in [6, 6.07) is -1.13. The van der Waals surface area contributed by atoms with Crippen LogP contribution in [0.2, 0.25) is 0 Å². The number of rotatable bonds is 6. The van der Waals surface area contributed by atoms with Crippen molar-refractivity contribution in [3.8, 4) is 0 Å². The molecule has 2 unspecified atom stereocenters. The average Bonchev–Trinajstić information content (AvgIpc) is 2.22. The van der Waals surface area contributed by atoms with E-state index in [0.717, 1.165) is 0 Å². The Labute approximate surface area is 88.7 Å². The molecule has 1 amide bonds. The molecule has 0 aromatic heterocycles. The summed E-state index contributed by atoms with van der Waals surface area (Å²) in [5, 5.41) is 17.2. The maximum Gasteiger partial charge on any atom is 0.303 e. The number of carbonyl (C=O) groups excluding carboxylic acids is 1. The summed E-state index contributed by atoms with van der Waals surface area (Å²) in [6.07, 6.45) is -0.0229. The van der Waals surface area contributed by atoms with Crippen LogP contribution in [0.4, 0.5) is 0 Å². The summed E-state index contributed by atoms with van der Waals surface area (Å²) in [4.78, 5) is 23.1. The molecule has 4 N–H and O–H groups in total. The lowest BCUT2D eigenvalue weighted by Gasteiger charge is -2.25. The zero-order valence-electron chi connectivity index (χ0n) is 9.01. The van der Waals surface area contributed by atoms with Gasteiger partial charge in [0.05, 0.1) is 18.7 Å². The summed E-state index contributed by atoms with van der Waals surface area (Å²) < 4.78 is 0. The molecule has 6 nitrogen and oxygen atoms in total. The molecular formula is C9H18N2O4. The Balaban J connectivity index is 4.13. The Kier molecular flexibility index (Phi) is 5.88. The molecule has 0 rings (SSSR count). The van der Waals surface area contributed by atoms with E-state index >= 15 is 0 Å². The molecule has 0 aromatic carbocycles. The maximum atomic E-state index is 11.6. The minimum atomic E-state index is -0.976. The minimum Gasteiger partial charge on any atom is -0.481 e. The average molecular weight is 218 g/mol. The minimum absolute atomic E-state index is 0.108. The molecule has 15 heavy (non-hydrogen) atoms. The normalized spacial score (nSPS) is 14.4. The van der Waals surface area contributed by atoms with E-state index in [1.807, 2.05) is 0 Å². The number of nitrogens with zero attached hydrogens (tertiary/aromatic N) is 1. The van der Waals surface area contributed by atoms with Gasteiger partial charge in [0.15, 0.2) is 0 Å². The maximum absolute atomic E-state index is 11.6. The van der Waals surface area contributed by atoms with Crippen molar-refractivity contribution >= 4 is 11.9 Å². The molecule has 0 aliphatic heterocycles.